The summed E-state index contributed by atoms with van der Waals surface area (Å²) in [6.45, 7) is 2.78. The van der Waals surface area contributed by atoms with Crippen molar-refractivity contribution in [3.8, 4) is 0 Å². The molecule has 0 spiro atoms. The van der Waals surface area contributed by atoms with Gasteiger partial charge in [-0.3, -0.25) is 4.79 Å². The summed E-state index contributed by atoms with van der Waals surface area (Å²) < 4.78 is 15.4. The summed E-state index contributed by atoms with van der Waals surface area (Å²) in [5.74, 6) is -0.239. The predicted octanol–water partition coefficient (Wildman–Crippen LogP) is 0.311. The first-order valence-electron chi connectivity index (χ1n) is 4.25. The second kappa shape index (κ2) is 3.03. The fourth-order valence-electron chi connectivity index (χ4n) is 1.67. The highest BCUT2D eigenvalue weighted by Gasteiger charge is 2.46. The monoisotopic (exact) mass is 172 g/mol. The van der Waals surface area contributed by atoms with Crippen molar-refractivity contribution in [3.63, 3.8) is 0 Å². The predicted molar refractivity (Wildman–Crippen MR) is 39.4 cm³/mol. The van der Waals surface area contributed by atoms with Crippen molar-refractivity contribution in [1.29, 1.82) is 0 Å². The van der Waals surface area contributed by atoms with Crippen LogP contribution >= 0.6 is 0 Å². The van der Waals surface area contributed by atoms with Crippen LogP contribution in [0.4, 0.5) is 0 Å². The van der Waals surface area contributed by atoms with Crippen molar-refractivity contribution >= 4 is 5.97 Å². The first kappa shape index (κ1) is 8.01. The van der Waals surface area contributed by atoms with Crippen molar-refractivity contribution < 1.29 is 19.0 Å². The lowest BCUT2D eigenvalue weighted by atomic mass is 10.0. The molecule has 4 heteroatoms. The Morgan fingerprint density at radius 2 is 2.50 bits per heavy atom. The van der Waals surface area contributed by atoms with Crippen molar-refractivity contribution in [2.75, 3.05) is 13.2 Å². The normalized spacial score (nSPS) is 38.6. The van der Waals surface area contributed by atoms with E-state index in [1.807, 2.05) is 6.92 Å². The maximum Gasteiger partial charge on any atom is 0.311 e. The van der Waals surface area contributed by atoms with E-state index in [0.717, 1.165) is 0 Å². The Kier molecular flexibility index (Phi) is 2.02. The fraction of sp³-hybridized carbons (Fsp3) is 0.875. The summed E-state index contributed by atoms with van der Waals surface area (Å²) in [6, 6.07) is 0. The van der Waals surface area contributed by atoms with Gasteiger partial charge in [0.1, 0.15) is 0 Å². The summed E-state index contributed by atoms with van der Waals surface area (Å²) in [4.78, 5) is 11.3. The number of hydrogen-bond donors (Lipinski definition) is 0. The van der Waals surface area contributed by atoms with E-state index in [-0.39, 0.29) is 24.3 Å². The van der Waals surface area contributed by atoms with Crippen molar-refractivity contribution in [3.05, 3.63) is 0 Å². The van der Waals surface area contributed by atoms with Gasteiger partial charge in [0.25, 0.3) is 0 Å². The number of hydrogen-bond acceptors (Lipinski definition) is 4. The van der Waals surface area contributed by atoms with E-state index in [4.69, 9.17) is 14.2 Å². The van der Waals surface area contributed by atoms with Gasteiger partial charge in [0, 0.05) is 6.42 Å². The summed E-state index contributed by atoms with van der Waals surface area (Å²) in [6.07, 6.45) is 0.433. The molecule has 4 nitrogen and oxygen atoms in total. The molecule has 0 saturated carbocycles. The summed E-state index contributed by atoms with van der Waals surface area (Å²) >= 11 is 0. The highest BCUT2D eigenvalue weighted by molar-refractivity contribution is 5.73. The first-order chi connectivity index (χ1) is 5.81. The summed E-state index contributed by atoms with van der Waals surface area (Å²) in [5, 5.41) is 0. The number of carbonyl (C=O) groups excluding carboxylic acids is 1. The van der Waals surface area contributed by atoms with Gasteiger partial charge in [0.2, 0.25) is 0 Å². The molecule has 3 atom stereocenters. The van der Waals surface area contributed by atoms with Crippen LogP contribution in [-0.4, -0.2) is 31.6 Å². The zero-order valence-corrected chi connectivity index (χ0v) is 6.99. The quantitative estimate of drug-likeness (QED) is 0.562. The molecule has 2 aliphatic heterocycles. The molecule has 2 rings (SSSR count). The van der Waals surface area contributed by atoms with Crippen molar-refractivity contribution in [1.82, 2.24) is 0 Å². The largest absolute Gasteiger partial charge is 0.466 e. The van der Waals surface area contributed by atoms with Crippen LogP contribution in [0.15, 0.2) is 0 Å². The molecule has 0 aromatic rings. The van der Waals surface area contributed by atoms with Crippen LogP contribution in [0.2, 0.25) is 0 Å². The van der Waals surface area contributed by atoms with E-state index in [1.165, 1.54) is 0 Å². The number of esters is 1. The number of ether oxygens (including phenoxy) is 3. The molecule has 2 heterocycles. The third-order valence-electron chi connectivity index (χ3n) is 2.26. The van der Waals surface area contributed by atoms with E-state index >= 15 is 0 Å². The number of fused-ring (bicyclic) bond motifs is 2. The van der Waals surface area contributed by atoms with Crippen molar-refractivity contribution in [2.45, 2.75) is 25.7 Å². The van der Waals surface area contributed by atoms with E-state index in [1.54, 1.807) is 0 Å². The minimum absolute atomic E-state index is 0.0611. The Labute approximate surface area is 70.8 Å². The Morgan fingerprint density at radius 3 is 3.00 bits per heavy atom. The molecule has 2 bridgehead atoms. The molecule has 0 aliphatic carbocycles. The smallest absolute Gasteiger partial charge is 0.311 e. The fourth-order valence-corrected chi connectivity index (χ4v) is 1.67. The van der Waals surface area contributed by atoms with E-state index < -0.39 is 0 Å². The Hall–Kier alpha value is -0.610. The summed E-state index contributed by atoms with van der Waals surface area (Å²) in [7, 11) is 0. The first-order valence-corrected chi connectivity index (χ1v) is 4.25. The Bertz CT molecular complexity index is 191. The maximum atomic E-state index is 11.3. The second-order valence-electron chi connectivity index (χ2n) is 3.03. The molecular formula is C8H12O4. The summed E-state index contributed by atoms with van der Waals surface area (Å²) in [5.41, 5.74) is 0. The minimum Gasteiger partial charge on any atom is -0.466 e. The van der Waals surface area contributed by atoms with Gasteiger partial charge in [-0.2, -0.15) is 0 Å². The molecular weight excluding hydrogens is 160 g/mol. The third-order valence-corrected chi connectivity index (χ3v) is 2.26. The van der Waals surface area contributed by atoms with Crippen LogP contribution in [-0.2, 0) is 19.0 Å². The van der Waals surface area contributed by atoms with Crippen LogP contribution in [0.5, 0.6) is 0 Å². The maximum absolute atomic E-state index is 11.3. The molecule has 2 saturated heterocycles. The van der Waals surface area contributed by atoms with Crippen LogP contribution in [0.1, 0.15) is 13.3 Å². The van der Waals surface area contributed by atoms with Gasteiger partial charge in [-0.1, -0.05) is 0 Å². The van der Waals surface area contributed by atoms with Gasteiger partial charge < -0.3 is 14.2 Å². The van der Waals surface area contributed by atoms with Gasteiger partial charge >= 0.3 is 5.97 Å². The topological polar surface area (TPSA) is 44.8 Å². The van der Waals surface area contributed by atoms with E-state index in [0.29, 0.717) is 19.6 Å². The van der Waals surface area contributed by atoms with E-state index in [2.05, 4.69) is 0 Å². The molecule has 0 aromatic heterocycles. The highest BCUT2D eigenvalue weighted by atomic mass is 16.7. The van der Waals surface area contributed by atoms with Crippen LogP contribution < -0.4 is 0 Å². The van der Waals surface area contributed by atoms with Gasteiger partial charge in [-0.25, -0.2) is 0 Å². The minimum atomic E-state index is -0.163. The van der Waals surface area contributed by atoms with E-state index in [9.17, 15) is 4.79 Å². The van der Waals surface area contributed by atoms with Crippen molar-refractivity contribution in [2.24, 2.45) is 5.92 Å². The molecule has 0 amide bonds. The second-order valence-corrected chi connectivity index (χ2v) is 3.03. The van der Waals surface area contributed by atoms with Gasteiger partial charge in [-0.05, 0) is 6.92 Å². The van der Waals surface area contributed by atoms with Gasteiger partial charge in [0.15, 0.2) is 6.29 Å². The molecule has 0 N–H and O–H groups in total. The molecule has 0 radical (unpaired) electrons. The average molecular weight is 172 g/mol. The van der Waals surface area contributed by atoms with Crippen LogP contribution in [0, 0.1) is 5.92 Å². The van der Waals surface area contributed by atoms with Crippen LogP contribution in [0.25, 0.3) is 0 Å². The van der Waals surface area contributed by atoms with Crippen LogP contribution in [0.3, 0.4) is 0 Å². The molecule has 2 fully saturated rings. The molecule has 0 unspecified atom stereocenters. The lowest BCUT2D eigenvalue weighted by molar-refractivity contribution is -0.150. The molecule has 0 aromatic carbocycles. The van der Waals surface area contributed by atoms with Gasteiger partial charge in [0.05, 0.1) is 25.2 Å². The lowest BCUT2D eigenvalue weighted by Crippen LogP contribution is -2.30. The SMILES string of the molecule is CCOC(=O)[C@H]1C[C@@H]2OC[C@H]1O2. The zero-order valence-electron chi connectivity index (χ0n) is 6.99. The molecule has 68 valence electrons. The van der Waals surface area contributed by atoms with Gasteiger partial charge in [-0.15, -0.1) is 0 Å². The third kappa shape index (κ3) is 1.21. The lowest BCUT2D eigenvalue weighted by Gasteiger charge is -2.16. The average Bonchev–Trinajstić information content (AvgIpc) is 2.64. The molecule has 12 heavy (non-hydrogen) atoms. The highest BCUT2D eigenvalue weighted by Crippen LogP contribution is 2.34. The molecule has 2 aliphatic rings. The Morgan fingerprint density at radius 1 is 1.67 bits per heavy atom. The zero-order chi connectivity index (χ0) is 8.55. The number of carbonyl (C=O) groups is 1. The number of rotatable bonds is 2. The standard InChI is InChI=1S/C8H12O4/c1-2-10-8(9)5-3-7-11-4-6(5)12-7/h5-7H,2-4H2,1H3/t5-,6+,7+/m0/s1. The Balaban J connectivity index is 1.93.